The Bertz CT molecular complexity index is 725. The molecule has 3 heterocycles. The molecule has 1 amide bonds. The molecule has 0 spiro atoms. The van der Waals surface area contributed by atoms with Crippen molar-refractivity contribution in [3.05, 3.63) is 30.1 Å². The Morgan fingerprint density at radius 3 is 3.05 bits per heavy atom. The summed E-state index contributed by atoms with van der Waals surface area (Å²) in [7, 11) is 0. The van der Waals surface area contributed by atoms with E-state index in [2.05, 4.69) is 4.98 Å². The number of pyridine rings is 1. The lowest BCUT2D eigenvalue weighted by molar-refractivity contribution is -0.129. The summed E-state index contributed by atoms with van der Waals surface area (Å²) in [6.45, 7) is 2.95. The van der Waals surface area contributed by atoms with Crippen LogP contribution in [0.2, 0.25) is 0 Å². The summed E-state index contributed by atoms with van der Waals surface area (Å²) in [5.74, 6) is -0.0892. The van der Waals surface area contributed by atoms with Crippen molar-refractivity contribution >= 4 is 23.0 Å². The van der Waals surface area contributed by atoms with Gasteiger partial charge in [0.1, 0.15) is 0 Å². The first-order valence-corrected chi connectivity index (χ1v) is 7.28. The van der Waals surface area contributed by atoms with Gasteiger partial charge in [0.15, 0.2) is 0 Å². The fraction of sp³-hybridized carbons (Fsp3) is 0.400. The van der Waals surface area contributed by atoms with Gasteiger partial charge in [-0.15, -0.1) is 0 Å². The van der Waals surface area contributed by atoms with Crippen molar-refractivity contribution in [3.63, 3.8) is 0 Å². The molecule has 0 aliphatic carbocycles. The van der Waals surface area contributed by atoms with Crippen LogP contribution in [0.1, 0.15) is 19.0 Å². The summed E-state index contributed by atoms with van der Waals surface area (Å²) < 4.78 is 6.59. The number of nitrogens with two attached hydrogens (primary N) is 1. The third-order valence-electron chi connectivity index (χ3n) is 3.79. The van der Waals surface area contributed by atoms with Gasteiger partial charge in [-0.1, -0.05) is 0 Å². The number of likely N-dealkylation sites (tertiary alicyclic amines) is 1. The average molecular weight is 302 g/mol. The van der Waals surface area contributed by atoms with Gasteiger partial charge in [-0.05, 0) is 31.5 Å². The van der Waals surface area contributed by atoms with Crippen LogP contribution in [0.25, 0.3) is 11.0 Å². The molecule has 1 aliphatic heterocycles. The van der Waals surface area contributed by atoms with Gasteiger partial charge < -0.3 is 15.4 Å². The molecular formula is C15H18N4O3. The summed E-state index contributed by atoms with van der Waals surface area (Å²) in [5.41, 5.74) is 7.79. The minimum atomic E-state index is -0.462. The van der Waals surface area contributed by atoms with Crippen molar-refractivity contribution in [1.82, 2.24) is 14.5 Å². The summed E-state index contributed by atoms with van der Waals surface area (Å²) in [4.78, 5) is 30.2. The summed E-state index contributed by atoms with van der Waals surface area (Å²) in [5, 5.41) is 0. The smallest absolute Gasteiger partial charge is 0.418 e. The Morgan fingerprint density at radius 1 is 1.55 bits per heavy atom. The highest BCUT2D eigenvalue weighted by Crippen LogP contribution is 2.21. The maximum absolute atomic E-state index is 12.2. The molecular weight excluding hydrogens is 284 g/mol. The highest BCUT2D eigenvalue weighted by molar-refractivity contribution is 5.89. The van der Waals surface area contributed by atoms with Gasteiger partial charge in [0.25, 0.3) is 0 Å². The number of amides is 1. The molecule has 22 heavy (non-hydrogen) atoms. The van der Waals surface area contributed by atoms with Crippen LogP contribution in [0, 0.1) is 0 Å². The van der Waals surface area contributed by atoms with Gasteiger partial charge in [0, 0.05) is 12.7 Å². The zero-order valence-corrected chi connectivity index (χ0v) is 12.4. The molecule has 7 heteroatoms. The van der Waals surface area contributed by atoms with Crippen molar-refractivity contribution in [3.8, 4) is 0 Å². The number of hydrogen-bond acceptors (Lipinski definition) is 5. The van der Waals surface area contributed by atoms with E-state index < -0.39 is 12.1 Å². The summed E-state index contributed by atoms with van der Waals surface area (Å²) >= 11 is 0. The average Bonchev–Trinajstić information content (AvgIpc) is 3.02. The second kappa shape index (κ2) is 5.76. The predicted octanol–water partition coefficient (Wildman–Crippen LogP) is 1.10. The number of hydrogen-bond donors (Lipinski definition) is 1. The first kappa shape index (κ1) is 14.5. The van der Waals surface area contributed by atoms with E-state index in [-0.39, 0.29) is 12.5 Å². The van der Waals surface area contributed by atoms with Crippen molar-refractivity contribution in [2.45, 2.75) is 25.9 Å². The highest BCUT2D eigenvalue weighted by atomic mass is 16.5. The fourth-order valence-corrected chi connectivity index (χ4v) is 2.72. The quantitative estimate of drug-likeness (QED) is 0.917. The molecule has 2 aromatic heterocycles. The normalized spacial score (nSPS) is 18.2. The number of ether oxygens (including phenoxy) is 1. The highest BCUT2D eigenvalue weighted by Gasteiger charge is 2.30. The Kier molecular flexibility index (Phi) is 3.81. The Balaban J connectivity index is 1.99. The molecule has 1 unspecified atom stereocenters. The number of fused-ring (bicyclic) bond motifs is 1. The minimum Gasteiger partial charge on any atom is -0.449 e. The first-order chi connectivity index (χ1) is 10.6. The minimum absolute atomic E-state index is 0.0892. The van der Waals surface area contributed by atoms with Gasteiger partial charge >= 0.3 is 6.09 Å². The van der Waals surface area contributed by atoms with E-state index in [4.69, 9.17) is 10.5 Å². The molecule has 0 saturated carbocycles. The standard InChI is InChI=1S/C15H18N4O3/c1-2-22-15(21)19-10(8-12-13(19)4-3-6-17-12)9-18-7-5-11(16)14(18)20/h3-4,6,8,11H,2,5,7,9,16H2,1H3. The Labute approximate surface area is 127 Å². The zero-order chi connectivity index (χ0) is 15.7. The van der Waals surface area contributed by atoms with E-state index >= 15 is 0 Å². The monoisotopic (exact) mass is 302 g/mol. The molecule has 7 nitrogen and oxygen atoms in total. The van der Waals surface area contributed by atoms with Gasteiger partial charge in [-0.25, -0.2) is 9.36 Å². The van der Waals surface area contributed by atoms with Crippen LogP contribution < -0.4 is 5.73 Å². The number of rotatable bonds is 3. The fourth-order valence-electron chi connectivity index (χ4n) is 2.72. The van der Waals surface area contributed by atoms with Crippen LogP contribution in [0.5, 0.6) is 0 Å². The second-order valence-corrected chi connectivity index (χ2v) is 5.23. The van der Waals surface area contributed by atoms with Crippen LogP contribution in [0.4, 0.5) is 4.79 Å². The van der Waals surface area contributed by atoms with Crippen LogP contribution in [-0.2, 0) is 16.1 Å². The molecule has 0 aromatic carbocycles. The molecule has 0 radical (unpaired) electrons. The van der Waals surface area contributed by atoms with E-state index in [0.717, 1.165) is 0 Å². The second-order valence-electron chi connectivity index (χ2n) is 5.23. The third kappa shape index (κ3) is 2.43. The van der Waals surface area contributed by atoms with Crippen LogP contribution in [0.15, 0.2) is 24.4 Å². The lowest BCUT2D eigenvalue weighted by atomic mass is 10.3. The molecule has 1 atom stereocenters. The van der Waals surface area contributed by atoms with Crippen LogP contribution >= 0.6 is 0 Å². The first-order valence-electron chi connectivity index (χ1n) is 7.28. The van der Waals surface area contributed by atoms with E-state index in [9.17, 15) is 9.59 Å². The molecule has 1 fully saturated rings. The van der Waals surface area contributed by atoms with Gasteiger partial charge in [-0.3, -0.25) is 9.78 Å². The molecule has 0 bridgehead atoms. The summed E-state index contributed by atoms with van der Waals surface area (Å²) in [6, 6.07) is 4.93. The Morgan fingerprint density at radius 2 is 2.36 bits per heavy atom. The summed E-state index contributed by atoms with van der Waals surface area (Å²) in [6.07, 6.45) is 1.84. The number of nitrogens with zero attached hydrogens (tertiary/aromatic N) is 3. The number of aromatic nitrogens is 2. The number of carbonyl (C=O) groups excluding carboxylic acids is 2. The third-order valence-corrected chi connectivity index (χ3v) is 3.79. The van der Waals surface area contributed by atoms with Gasteiger partial charge in [0.05, 0.1) is 35.9 Å². The topological polar surface area (TPSA) is 90.5 Å². The van der Waals surface area contributed by atoms with Crippen LogP contribution in [-0.4, -0.2) is 45.6 Å². The molecule has 116 valence electrons. The molecule has 3 rings (SSSR count). The van der Waals surface area contributed by atoms with Crippen molar-refractivity contribution in [1.29, 1.82) is 0 Å². The predicted molar refractivity (Wildman–Crippen MR) is 80.2 cm³/mol. The molecule has 1 saturated heterocycles. The maximum Gasteiger partial charge on any atom is 0.418 e. The SMILES string of the molecule is CCOC(=O)n1c(CN2CCC(N)C2=O)cc2ncccc21. The van der Waals surface area contributed by atoms with Crippen molar-refractivity contribution in [2.75, 3.05) is 13.2 Å². The maximum atomic E-state index is 12.2. The van der Waals surface area contributed by atoms with Gasteiger partial charge in [0.2, 0.25) is 5.91 Å². The largest absolute Gasteiger partial charge is 0.449 e. The molecule has 1 aliphatic rings. The lowest BCUT2D eigenvalue weighted by Gasteiger charge is -2.17. The van der Waals surface area contributed by atoms with E-state index in [1.807, 2.05) is 6.07 Å². The number of carbonyl (C=O) groups is 2. The van der Waals surface area contributed by atoms with Crippen LogP contribution in [0.3, 0.4) is 0 Å². The van der Waals surface area contributed by atoms with E-state index in [1.165, 1.54) is 4.57 Å². The van der Waals surface area contributed by atoms with Crippen molar-refractivity contribution < 1.29 is 14.3 Å². The zero-order valence-electron chi connectivity index (χ0n) is 12.4. The lowest BCUT2D eigenvalue weighted by Crippen LogP contribution is -2.34. The van der Waals surface area contributed by atoms with Gasteiger partial charge in [-0.2, -0.15) is 0 Å². The molecule has 2 aromatic rings. The Hall–Kier alpha value is -2.41. The van der Waals surface area contributed by atoms with E-state index in [1.54, 1.807) is 30.2 Å². The molecule has 2 N–H and O–H groups in total. The van der Waals surface area contributed by atoms with Crippen molar-refractivity contribution in [2.24, 2.45) is 5.73 Å². The van der Waals surface area contributed by atoms with E-state index in [0.29, 0.717) is 36.2 Å².